The SMILES string of the molecule is CCCCCCCCOc1ccc(C(=O)Oc2ccc(C(=O)OCc3ccccc3)cc2)cc1. The number of unbranched alkanes of at least 4 members (excludes halogenated alkanes) is 5. The molecule has 0 radical (unpaired) electrons. The fourth-order valence-corrected chi connectivity index (χ4v) is 3.39. The summed E-state index contributed by atoms with van der Waals surface area (Å²) in [5.74, 6) is 0.191. The molecule has 0 aliphatic carbocycles. The van der Waals surface area contributed by atoms with Crippen LogP contribution in [0, 0.1) is 0 Å². The molecule has 0 heterocycles. The molecule has 0 saturated heterocycles. The molecule has 0 fully saturated rings. The lowest BCUT2D eigenvalue weighted by Crippen LogP contribution is -2.09. The summed E-state index contributed by atoms with van der Waals surface area (Å²) < 4.78 is 16.5. The van der Waals surface area contributed by atoms with Gasteiger partial charge in [-0.1, -0.05) is 69.4 Å². The van der Waals surface area contributed by atoms with Gasteiger partial charge in [0.1, 0.15) is 18.1 Å². The maximum Gasteiger partial charge on any atom is 0.343 e. The van der Waals surface area contributed by atoms with Gasteiger partial charge in [-0.15, -0.1) is 0 Å². The largest absolute Gasteiger partial charge is 0.494 e. The van der Waals surface area contributed by atoms with Crippen molar-refractivity contribution in [1.29, 1.82) is 0 Å². The molecule has 3 aromatic rings. The molecule has 0 N–H and O–H groups in total. The first-order valence-corrected chi connectivity index (χ1v) is 11.9. The normalized spacial score (nSPS) is 10.5. The van der Waals surface area contributed by atoms with Crippen molar-refractivity contribution in [2.75, 3.05) is 6.61 Å². The summed E-state index contributed by atoms with van der Waals surface area (Å²) in [7, 11) is 0. The zero-order valence-electron chi connectivity index (χ0n) is 19.7. The minimum Gasteiger partial charge on any atom is -0.494 e. The fourth-order valence-electron chi connectivity index (χ4n) is 3.39. The third-order valence-electron chi connectivity index (χ3n) is 5.37. The Balaban J connectivity index is 1.42. The highest BCUT2D eigenvalue weighted by Gasteiger charge is 2.11. The van der Waals surface area contributed by atoms with E-state index >= 15 is 0 Å². The van der Waals surface area contributed by atoms with Crippen LogP contribution in [0.3, 0.4) is 0 Å². The van der Waals surface area contributed by atoms with Gasteiger partial charge in [-0.2, -0.15) is 0 Å². The number of esters is 2. The average Bonchev–Trinajstić information content (AvgIpc) is 2.88. The second kappa shape index (κ2) is 13.8. The van der Waals surface area contributed by atoms with Gasteiger partial charge in [0.2, 0.25) is 0 Å². The van der Waals surface area contributed by atoms with Crippen molar-refractivity contribution in [3.05, 3.63) is 95.6 Å². The number of hydrogen-bond donors (Lipinski definition) is 0. The van der Waals surface area contributed by atoms with Crippen molar-refractivity contribution >= 4 is 11.9 Å². The highest BCUT2D eigenvalue weighted by Crippen LogP contribution is 2.18. The first-order valence-electron chi connectivity index (χ1n) is 11.9. The maximum absolute atomic E-state index is 12.4. The van der Waals surface area contributed by atoms with Crippen LogP contribution in [0.4, 0.5) is 0 Å². The lowest BCUT2D eigenvalue weighted by atomic mass is 10.1. The lowest BCUT2D eigenvalue weighted by molar-refractivity contribution is 0.0472. The van der Waals surface area contributed by atoms with E-state index in [1.807, 2.05) is 30.3 Å². The van der Waals surface area contributed by atoms with E-state index in [2.05, 4.69) is 6.92 Å². The highest BCUT2D eigenvalue weighted by atomic mass is 16.5. The molecule has 5 heteroatoms. The van der Waals surface area contributed by atoms with Crippen molar-refractivity contribution in [3.63, 3.8) is 0 Å². The Morgan fingerprint density at radius 2 is 1.24 bits per heavy atom. The van der Waals surface area contributed by atoms with Gasteiger partial charge in [0.25, 0.3) is 0 Å². The van der Waals surface area contributed by atoms with E-state index in [4.69, 9.17) is 14.2 Å². The summed E-state index contributed by atoms with van der Waals surface area (Å²) >= 11 is 0. The third-order valence-corrected chi connectivity index (χ3v) is 5.37. The zero-order chi connectivity index (χ0) is 24.0. The van der Waals surface area contributed by atoms with E-state index in [9.17, 15) is 9.59 Å². The van der Waals surface area contributed by atoms with Crippen LogP contribution in [0.25, 0.3) is 0 Å². The van der Waals surface area contributed by atoms with Gasteiger partial charge in [-0.05, 0) is 60.5 Å². The minimum absolute atomic E-state index is 0.203. The quantitative estimate of drug-likeness (QED) is 0.156. The molecule has 3 rings (SSSR count). The number of rotatable bonds is 13. The van der Waals surface area contributed by atoms with E-state index in [1.54, 1.807) is 48.5 Å². The van der Waals surface area contributed by atoms with E-state index in [-0.39, 0.29) is 6.61 Å². The van der Waals surface area contributed by atoms with Crippen LogP contribution in [0.15, 0.2) is 78.9 Å². The molecular weight excluding hydrogens is 428 g/mol. The molecule has 34 heavy (non-hydrogen) atoms. The first-order chi connectivity index (χ1) is 16.7. The Morgan fingerprint density at radius 3 is 1.91 bits per heavy atom. The molecule has 0 bridgehead atoms. The van der Waals surface area contributed by atoms with Crippen LogP contribution in [0.2, 0.25) is 0 Å². The Kier molecular flexibility index (Phi) is 10.2. The molecule has 0 unspecified atom stereocenters. The summed E-state index contributed by atoms with van der Waals surface area (Å²) in [6, 6.07) is 22.7. The average molecular weight is 461 g/mol. The standard InChI is InChI=1S/C29H32O5/c1-2-3-4-5-6-10-21-32-26-17-13-25(14-18-26)29(31)34-27-19-15-24(16-20-27)28(30)33-22-23-11-8-7-9-12-23/h7-9,11-20H,2-6,10,21-22H2,1H3. The number of carbonyl (C=O) groups is 2. The maximum atomic E-state index is 12.4. The predicted molar refractivity (Wildman–Crippen MR) is 132 cm³/mol. The Bertz CT molecular complexity index is 1010. The highest BCUT2D eigenvalue weighted by molar-refractivity contribution is 5.92. The van der Waals surface area contributed by atoms with Gasteiger partial charge in [0.15, 0.2) is 0 Å². The van der Waals surface area contributed by atoms with E-state index < -0.39 is 11.9 Å². The Morgan fingerprint density at radius 1 is 0.647 bits per heavy atom. The summed E-state index contributed by atoms with van der Waals surface area (Å²) in [6.07, 6.45) is 7.29. The first kappa shape index (κ1) is 25.0. The van der Waals surface area contributed by atoms with Gasteiger partial charge in [-0.25, -0.2) is 9.59 Å². The molecule has 5 nitrogen and oxygen atoms in total. The summed E-state index contributed by atoms with van der Waals surface area (Å²) in [6.45, 7) is 3.09. The van der Waals surface area contributed by atoms with Gasteiger partial charge >= 0.3 is 11.9 Å². The van der Waals surface area contributed by atoms with Crippen LogP contribution in [0.5, 0.6) is 11.5 Å². The smallest absolute Gasteiger partial charge is 0.343 e. The number of benzene rings is 3. The van der Waals surface area contributed by atoms with Crippen LogP contribution in [-0.2, 0) is 11.3 Å². The molecule has 0 aromatic heterocycles. The zero-order valence-corrected chi connectivity index (χ0v) is 19.7. The Labute approximate surface area is 201 Å². The summed E-state index contributed by atoms with van der Waals surface area (Å²) in [5.41, 5.74) is 1.74. The molecule has 0 aliphatic rings. The second-order valence-electron chi connectivity index (χ2n) is 8.12. The van der Waals surface area contributed by atoms with Crippen LogP contribution in [-0.4, -0.2) is 18.5 Å². The Hall–Kier alpha value is -3.60. The van der Waals surface area contributed by atoms with E-state index in [1.165, 1.54) is 32.1 Å². The number of carbonyl (C=O) groups excluding carboxylic acids is 2. The van der Waals surface area contributed by atoms with Crippen molar-refractivity contribution in [1.82, 2.24) is 0 Å². The summed E-state index contributed by atoms with van der Waals surface area (Å²) in [4.78, 5) is 24.7. The van der Waals surface area contributed by atoms with E-state index in [0.717, 1.165) is 17.7 Å². The predicted octanol–water partition coefficient (Wildman–Crippen LogP) is 7.00. The molecule has 0 amide bonds. The van der Waals surface area contributed by atoms with Crippen LogP contribution < -0.4 is 9.47 Å². The van der Waals surface area contributed by atoms with Gasteiger partial charge in [0.05, 0.1) is 17.7 Å². The lowest BCUT2D eigenvalue weighted by Gasteiger charge is -2.08. The minimum atomic E-state index is -0.470. The molecule has 3 aromatic carbocycles. The van der Waals surface area contributed by atoms with Gasteiger partial charge in [0, 0.05) is 0 Å². The molecular formula is C29H32O5. The number of hydrogen-bond acceptors (Lipinski definition) is 5. The van der Waals surface area contributed by atoms with E-state index in [0.29, 0.717) is 23.5 Å². The van der Waals surface area contributed by atoms with Crippen LogP contribution in [0.1, 0.15) is 71.7 Å². The van der Waals surface area contributed by atoms with Gasteiger partial charge < -0.3 is 14.2 Å². The molecule has 0 spiro atoms. The van der Waals surface area contributed by atoms with Crippen LogP contribution >= 0.6 is 0 Å². The van der Waals surface area contributed by atoms with Gasteiger partial charge in [-0.3, -0.25) is 0 Å². The molecule has 0 saturated carbocycles. The second-order valence-corrected chi connectivity index (χ2v) is 8.12. The van der Waals surface area contributed by atoms with Crippen molar-refractivity contribution < 1.29 is 23.8 Å². The van der Waals surface area contributed by atoms with Crippen molar-refractivity contribution in [2.45, 2.75) is 52.1 Å². The fraction of sp³-hybridized carbons (Fsp3) is 0.310. The molecule has 178 valence electrons. The van der Waals surface area contributed by atoms with Crippen molar-refractivity contribution in [2.24, 2.45) is 0 Å². The number of ether oxygens (including phenoxy) is 3. The summed E-state index contributed by atoms with van der Waals surface area (Å²) in [5, 5.41) is 0. The monoisotopic (exact) mass is 460 g/mol. The topological polar surface area (TPSA) is 61.8 Å². The molecule has 0 atom stereocenters. The molecule has 0 aliphatic heterocycles. The third kappa shape index (κ3) is 8.39. The van der Waals surface area contributed by atoms with Crippen molar-refractivity contribution in [3.8, 4) is 11.5 Å².